The molecule has 0 bridgehead atoms. The molecule has 0 aliphatic carbocycles. The summed E-state index contributed by atoms with van der Waals surface area (Å²) >= 11 is 0. The third kappa shape index (κ3) is 7.86. The quantitative estimate of drug-likeness (QED) is 0.113. The second-order valence-electron chi connectivity index (χ2n) is 11.8. The number of carbonyl (C=O) groups excluding carboxylic acids is 1. The van der Waals surface area contributed by atoms with Crippen LogP contribution in [0.4, 0.5) is 37.7 Å². The van der Waals surface area contributed by atoms with Crippen molar-refractivity contribution in [1.29, 1.82) is 0 Å². The predicted molar refractivity (Wildman–Crippen MR) is 187 cm³/mol. The summed E-state index contributed by atoms with van der Waals surface area (Å²) in [5.41, 5.74) is 17.4. The Morgan fingerprint density at radius 1 is 0.911 bits per heavy atom. The Hall–Kier alpha value is -5.18. The van der Waals surface area contributed by atoms with E-state index in [4.69, 9.17) is 16.2 Å². The van der Waals surface area contributed by atoms with Crippen LogP contribution in [0.15, 0.2) is 121 Å². The van der Waals surface area contributed by atoms with Crippen LogP contribution in [0.2, 0.25) is 6.82 Å². The van der Waals surface area contributed by atoms with E-state index in [0.717, 1.165) is 28.1 Å². The Balaban J connectivity index is 1.90. The van der Waals surface area contributed by atoms with Gasteiger partial charge < -0.3 is 29.9 Å². The summed E-state index contributed by atoms with van der Waals surface area (Å²) in [5, 5.41) is 0. The lowest BCUT2D eigenvalue weighted by molar-refractivity contribution is 0.0598. The van der Waals surface area contributed by atoms with Crippen molar-refractivity contribution in [3.63, 3.8) is 0 Å². The minimum absolute atomic E-state index is 0.262. The lowest BCUT2D eigenvalue weighted by Gasteiger charge is -2.29. The molecule has 9 heteroatoms. The van der Waals surface area contributed by atoms with E-state index in [2.05, 4.69) is 6.58 Å². The smallest absolute Gasteiger partial charge is 0.443 e. The molecule has 4 rings (SSSR count). The maximum Gasteiger partial charge on any atom is 0.463 e. The zero-order chi connectivity index (χ0) is 32.9. The summed E-state index contributed by atoms with van der Waals surface area (Å²) < 4.78 is 23.1. The van der Waals surface area contributed by atoms with Crippen LogP contribution in [0, 0.1) is 0 Å². The van der Waals surface area contributed by atoms with Crippen LogP contribution in [0.1, 0.15) is 39.0 Å². The van der Waals surface area contributed by atoms with E-state index in [1.54, 1.807) is 45.0 Å². The highest BCUT2D eigenvalue weighted by molar-refractivity contribution is 6.49. The Labute approximate surface area is 266 Å². The van der Waals surface area contributed by atoms with E-state index in [0.29, 0.717) is 22.8 Å². The number of aromatic nitrogens is 1. The van der Waals surface area contributed by atoms with Crippen molar-refractivity contribution in [2.45, 2.75) is 40.1 Å². The molecule has 0 saturated carbocycles. The lowest BCUT2D eigenvalue weighted by atomic mass is 9.88. The monoisotopic (exact) mass is 605 g/mol. The summed E-state index contributed by atoms with van der Waals surface area (Å²) in [6.45, 7) is 13.0. The van der Waals surface area contributed by atoms with Crippen molar-refractivity contribution in [1.82, 2.24) is 4.48 Å². The van der Waals surface area contributed by atoms with Gasteiger partial charge in [-0.1, -0.05) is 61.2 Å². The first-order valence-corrected chi connectivity index (χ1v) is 14.7. The number of benzene rings is 3. The molecular weight excluding hydrogens is 564 g/mol. The van der Waals surface area contributed by atoms with Gasteiger partial charge in [-0.25, -0.2) is 9.69 Å². The number of nitrogens with zero attached hydrogens (tertiary/aromatic N) is 3. The van der Waals surface area contributed by atoms with Crippen molar-refractivity contribution in [2.24, 2.45) is 0 Å². The standard InChI is InChI=1S/C36H41BFN5O2/c1-25(18-19-26(2)41(7)30-16-12-9-13-17-30)34(27-14-10-8-11-15-27)32-20-21-33(43(32)37(6)38)42(35(44)45-36(3,4)5)31-23-28(39)22-29(40)24-31/h8-24H,2,39-40H2,1,3-7H3/b19-18-,34-25+. The maximum absolute atomic E-state index is 15.8. The molecule has 0 unspecified atom stereocenters. The molecule has 7 nitrogen and oxygen atoms in total. The normalized spacial score (nSPS) is 12.1. The van der Waals surface area contributed by atoms with Crippen LogP contribution in [0.5, 0.6) is 0 Å². The molecule has 232 valence electrons. The van der Waals surface area contributed by atoms with E-state index >= 15 is 4.32 Å². The molecule has 4 N–H and O–H groups in total. The molecule has 3 aromatic carbocycles. The molecule has 45 heavy (non-hydrogen) atoms. The number of hydrogen-bond acceptors (Lipinski definition) is 5. The van der Waals surface area contributed by atoms with Gasteiger partial charge in [0.2, 0.25) is 0 Å². The fourth-order valence-electron chi connectivity index (χ4n) is 5.04. The van der Waals surface area contributed by atoms with Crippen LogP contribution >= 0.6 is 0 Å². The van der Waals surface area contributed by atoms with Gasteiger partial charge in [0.15, 0.2) is 0 Å². The second-order valence-corrected chi connectivity index (χ2v) is 11.8. The van der Waals surface area contributed by atoms with Crippen LogP contribution in [0.25, 0.3) is 5.57 Å². The van der Waals surface area contributed by atoms with Crippen molar-refractivity contribution in [3.05, 3.63) is 132 Å². The third-order valence-electron chi connectivity index (χ3n) is 7.09. The molecule has 0 spiro atoms. The van der Waals surface area contributed by atoms with Gasteiger partial charge in [-0.3, -0.25) is 0 Å². The Kier molecular flexibility index (Phi) is 9.92. The number of halogens is 1. The Morgan fingerprint density at radius 2 is 1.49 bits per heavy atom. The molecule has 1 amide bonds. The number of nitrogen functional groups attached to an aromatic ring is 2. The first kappa shape index (κ1) is 32.7. The lowest BCUT2D eigenvalue weighted by Crippen LogP contribution is -2.36. The van der Waals surface area contributed by atoms with Crippen molar-refractivity contribution in [2.75, 3.05) is 28.3 Å². The molecule has 0 radical (unpaired) electrons. The Bertz CT molecular complexity index is 1700. The average Bonchev–Trinajstić information content (AvgIpc) is 3.39. The highest BCUT2D eigenvalue weighted by Gasteiger charge is 2.31. The molecule has 0 saturated heterocycles. The van der Waals surface area contributed by atoms with E-state index in [-0.39, 0.29) is 5.82 Å². The first-order chi connectivity index (χ1) is 21.3. The van der Waals surface area contributed by atoms with Gasteiger partial charge in [0.05, 0.1) is 5.69 Å². The number of hydrogen-bond donors (Lipinski definition) is 2. The fraction of sp³-hybridized carbons (Fsp3) is 0.194. The van der Waals surface area contributed by atoms with Crippen LogP contribution in [-0.4, -0.2) is 30.3 Å². The molecule has 0 aliphatic heterocycles. The largest absolute Gasteiger partial charge is 0.463 e. The van der Waals surface area contributed by atoms with Crippen LogP contribution < -0.4 is 21.3 Å². The van der Waals surface area contributed by atoms with E-state index in [9.17, 15) is 4.79 Å². The highest BCUT2D eigenvalue weighted by Crippen LogP contribution is 2.37. The number of para-hydroxylation sites is 1. The molecule has 1 aromatic heterocycles. The highest BCUT2D eigenvalue weighted by atomic mass is 19.1. The topological polar surface area (TPSA) is 89.7 Å². The van der Waals surface area contributed by atoms with Crippen LogP contribution in [0.3, 0.4) is 0 Å². The molecule has 4 aromatic rings. The number of carbonyl (C=O) groups is 1. The summed E-state index contributed by atoms with van der Waals surface area (Å²) in [7, 11) is 0.429. The first-order valence-electron chi connectivity index (χ1n) is 14.7. The van der Waals surface area contributed by atoms with Gasteiger partial charge in [-0.2, -0.15) is 0 Å². The maximum atomic E-state index is 15.8. The van der Waals surface area contributed by atoms with E-state index < -0.39 is 18.8 Å². The number of ether oxygens (including phenoxy) is 1. The zero-order valence-corrected chi connectivity index (χ0v) is 26.8. The van der Waals surface area contributed by atoms with Crippen molar-refractivity contribution >= 4 is 47.4 Å². The number of likely N-dealkylation sites (N-methyl/N-ethyl adjacent to an activating group) is 1. The summed E-state index contributed by atoms with van der Waals surface area (Å²) in [6, 6.07) is 28.0. The summed E-state index contributed by atoms with van der Waals surface area (Å²) in [6.07, 6.45) is 3.20. The molecule has 0 fully saturated rings. The minimum atomic E-state index is -1.52. The molecular formula is C36H41BFN5O2. The second kappa shape index (κ2) is 13.6. The van der Waals surface area contributed by atoms with E-state index in [1.807, 2.05) is 97.8 Å². The fourth-order valence-corrected chi connectivity index (χ4v) is 5.04. The van der Waals surface area contributed by atoms with Gasteiger partial charge in [0.25, 0.3) is 0 Å². The molecule has 1 heterocycles. The molecule has 0 aliphatic rings. The van der Waals surface area contributed by atoms with Crippen molar-refractivity contribution < 1.29 is 13.8 Å². The van der Waals surface area contributed by atoms with Gasteiger partial charge in [-0.15, -0.1) is 0 Å². The van der Waals surface area contributed by atoms with Gasteiger partial charge in [0, 0.05) is 41.1 Å². The summed E-state index contributed by atoms with van der Waals surface area (Å²) in [4.78, 5) is 17.0. The van der Waals surface area contributed by atoms with Gasteiger partial charge in [0.1, 0.15) is 11.4 Å². The minimum Gasteiger partial charge on any atom is -0.443 e. The van der Waals surface area contributed by atoms with Crippen molar-refractivity contribution in [3.8, 4) is 0 Å². The predicted octanol–water partition coefficient (Wildman–Crippen LogP) is 8.69. The number of allylic oxidation sites excluding steroid dienone is 3. The third-order valence-corrected chi connectivity index (χ3v) is 7.09. The molecule has 0 atom stereocenters. The number of nitrogens with two attached hydrogens (primary N) is 2. The average molecular weight is 606 g/mol. The summed E-state index contributed by atoms with van der Waals surface area (Å²) in [5.74, 6) is 0.262. The number of amides is 1. The zero-order valence-electron chi connectivity index (χ0n) is 26.8. The SMILES string of the molecule is C=C(/C=C\C(C)=C(/c1ccccc1)c1ccc(N(C(=O)OC(C)(C)C)c2cc(N)cc(N)c2)n1B(C)F)N(C)c1ccccc1. The van der Waals surface area contributed by atoms with Gasteiger partial charge >= 0.3 is 13.2 Å². The number of rotatable bonds is 9. The number of anilines is 5. The van der Waals surface area contributed by atoms with Crippen LogP contribution in [-0.2, 0) is 4.74 Å². The van der Waals surface area contributed by atoms with Gasteiger partial charge in [-0.05, 0) is 94.2 Å². The van der Waals surface area contributed by atoms with E-state index in [1.165, 1.54) is 16.2 Å². The Morgan fingerprint density at radius 3 is 2.04 bits per heavy atom.